The van der Waals surface area contributed by atoms with Gasteiger partial charge in [-0.15, -0.1) is 11.3 Å². The normalized spacial score (nSPS) is 11.8. The van der Waals surface area contributed by atoms with E-state index < -0.39 is 20.7 Å². The summed E-state index contributed by atoms with van der Waals surface area (Å²) < 4.78 is 41.6. The molecule has 0 amide bonds. The number of rotatable bonds is 3. The number of thiazole rings is 1. The molecule has 4 nitrogen and oxygen atoms in total. The van der Waals surface area contributed by atoms with Crippen LogP contribution in [0.15, 0.2) is 41.3 Å². The minimum Gasteiger partial charge on any atom is -0.279 e. The second-order valence-corrected chi connectivity index (χ2v) is 7.92. The van der Waals surface area contributed by atoms with Gasteiger partial charge in [-0.1, -0.05) is 11.6 Å². The van der Waals surface area contributed by atoms with Crippen molar-refractivity contribution in [3.05, 3.63) is 52.2 Å². The van der Waals surface area contributed by atoms with E-state index >= 15 is 0 Å². The highest BCUT2D eigenvalue weighted by Gasteiger charge is 2.19. The number of halogens is 2. The number of aromatic nitrogens is 1. The summed E-state index contributed by atoms with van der Waals surface area (Å²) in [5.74, 6) is -0.894. The van der Waals surface area contributed by atoms with Gasteiger partial charge in [-0.05, 0) is 43.3 Å². The van der Waals surface area contributed by atoms with Crippen LogP contribution in [-0.4, -0.2) is 13.4 Å². The van der Waals surface area contributed by atoms with E-state index in [2.05, 4.69) is 9.71 Å². The first-order chi connectivity index (χ1) is 10.3. The van der Waals surface area contributed by atoms with E-state index in [0.717, 1.165) is 27.4 Å². The van der Waals surface area contributed by atoms with Crippen LogP contribution in [0.1, 0.15) is 5.01 Å². The Hall–Kier alpha value is -1.70. The van der Waals surface area contributed by atoms with Crippen molar-refractivity contribution in [2.45, 2.75) is 11.8 Å². The average Bonchev–Trinajstić information content (AvgIpc) is 2.77. The van der Waals surface area contributed by atoms with Crippen molar-refractivity contribution in [3.63, 3.8) is 0 Å². The summed E-state index contributed by atoms with van der Waals surface area (Å²) in [6.07, 6.45) is 0. The second-order valence-electron chi connectivity index (χ2n) is 4.60. The predicted molar refractivity (Wildman–Crippen MR) is 86.6 cm³/mol. The molecule has 0 saturated heterocycles. The molecule has 0 aliphatic carbocycles. The Labute approximate surface area is 135 Å². The van der Waals surface area contributed by atoms with Gasteiger partial charge in [0, 0.05) is 5.02 Å². The first-order valence-electron chi connectivity index (χ1n) is 6.20. The number of nitrogens with zero attached hydrogens (tertiary/aromatic N) is 1. The van der Waals surface area contributed by atoms with Crippen LogP contribution in [0.4, 0.5) is 10.1 Å². The number of hydrogen-bond donors (Lipinski definition) is 1. The molecular weight excluding hydrogens is 347 g/mol. The Balaban J connectivity index is 1.98. The molecule has 0 saturated carbocycles. The van der Waals surface area contributed by atoms with Gasteiger partial charge in [0.2, 0.25) is 0 Å². The zero-order chi connectivity index (χ0) is 15.9. The SMILES string of the molecule is Cc1nc2ccc(NS(=O)(=O)c3ccc(Cl)cc3F)cc2s1. The Bertz CT molecular complexity index is 970. The largest absolute Gasteiger partial charge is 0.279 e. The van der Waals surface area contributed by atoms with Crippen LogP contribution in [0.5, 0.6) is 0 Å². The zero-order valence-electron chi connectivity index (χ0n) is 11.3. The topological polar surface area (TPSA) is 59.1 Å². The Morgan fingerprint density at radius 2 is 2.00 bits per heavy atom. The van der Waals surface area contributed by atoms with Crippen LogP contribution in [0, 0.1) is 12.7 Å². The second kappa shape index (κ2) is 5.49. The van der Waals surface area contributed by atoms with Crippen molar-refractivity contribution < 1.29 is 12.8 Å². The van der Waals surface area contributed by atoms with Crippen molar-refractivity contribution in [2.24, 2.45) is 0 Å². The maximum atomic E-state index is 13.8. The number of anilines is 1. The fraction of sp³-hybridized carbons (Fsp3) is 0.0714. The molecule has 1 heterocycles. The van der Waals surface area contributed by atoms with Crippen molar-refractivity contribution in [1.82, 2.24) is 4.98 Å². The predicted octanol–water partition coefficient (Wildman–Crippen LogP) is 4.20. The molecule has 0 spiro atoms. The molecular formula is C14H10ClFN2O2S2. The summed E-state index contributed by atoms with van der Waals surface area (Å²) in [5, 5.41) is 1.02. The summed E-state index contributed by atoms with van der Waals surface area (Å²) in [5.41, 5.74) is 1.15. The first-order valence-corrected chi connectivity index (χ1v) is 8.88. The summed E-state index contributed by atoms with van der Waals surface area (Å²) >= 11 is 7.09. The molecule has 0 atom stereocenters. The van der Waals surface area contributed by atoms with Crippen molar-refractivity contribution >= 4 is 48.9 Å². The van der Waals surface area contributed by atoms with Crippen molar-refractivity contribution in [2.75, 3.05) is 4.72 Å². The van der Waals surface area contributed by atoms with Crippen LogP contribution < -0.4 is 4.72 Å². The highest BCUT2D eigenvalue weighted by Crippen LogP contribution is 2.27. The smallest absolute Gasteiger partial charge is 0.264 e. The molecule has 3 rings (SSSR count). The Kier molecular flexibility index (Phi) is 3.80. The minimum absolute atomic E-state index is 0.137. The molecule has 1 aromatic heterocycles. The van der Waals surface area contributed by atoms with Gasteiger partial charge in [0.15, 0.2) is 0 Å². The number of fused-ring (bicyclic) bond motifs is 1. The summed E-state index contributed by atoms with van der Waals surface area (Å²) in [6.45, 7) is 1.87. The quantitative estimate of drug-likeness (QED) is 0.765. The summed E-state index contributed by atoms with van der Waals surface area (Å²) in [6, 6.07) is 8.41. The highest BCUT2D eigenvalue weighted by atomic mass is 35.5. The van der Waals surface area contributed by atoms with Gasteiger partial charge in [-0.25, -0.2) is 17.8 Å². The molecule has 0 bridgehead atoms. The molecule has 1 N–H and O–H groups in total. The van der Waals surface area contributed by atoms with Crippen molar-refractivity contribution in [3.8, 4) is 0 Å². The lowest BCUT2D eigenvalue weighted by Gasteiger charge is -2.09. The summed E-state index contributed by atoms with van der Waals surface area (Å²) in [4.78, 5) is 3.85. The van der Waals surface area contributed by atoms with Gasteiger partial charge in [-0.3, -0.25) is 4.72 Å². The lowest BCUT2D eigenvalue weighted by atomic mass is 10.3. The van der Waals surface area contributed by atoms with E-state index in [1.54, 1.807) is 18.2 Å². The van der Waals surface area contributed by atoms with Crippen molar-refractivity contribution in [1.29, 1.82) is 0 Å². The standard InChI is InChI=1S/C14H10ClFN2O2S2/c1-8-17-12-4-3-10(7-13(12)21-8)18-22(19,20)14-5-2-9(15)6-11(14)16/h2-7,18H,1H3. The van der Waals surface area contributed by atoms with Crippen LogP contribution >= 0.6 is 22.9 Å². The molecule has 2 aromatic carbocycles. The monoisotopic (exact) mass is 356 g/mol. The third-order valence-corrected chi connectivity index (χ3v) is 5.51. The molecule has 8 heteroatoms. The van der Waals surface area contributed by atoms with E-state index in [1.165, 1.54) is 17.4 Å². The Morgan fingerprint density at radius 3 is 2.73 bits per heavy atom. The molecule has 3 aromatic rings. The Morgan fingerprint density at radius 1 is 1.23 bits per heavy atom. The lowest BCUT2D eigenvalue weighted by molar-refractivity contribution is 0.570. The third-order valence-electron chi connectivity index (χ3n) is 2.93. The van der Waals surface area contributed by atoms with Crippen LogP contribution in [0.2, 0.25) is 5.02 Å². The number of aryl methyl sites for hydroxylation is 1. The fourth-order valence-electron chi connectivity index (χ4n) is 2.01. The number of benzene rings is 2. The van der Waals surface area contributed by atoms with Gasteiger partial charge in [-0.2, -0.15) is 0 Å². The van der Waals surface area contributed by atoms with Crippen LogP contribution in [-0.2, 0) is 10.0 Å². The number of hydrogen-bond acceptors (Lipinski definition) is 4. The lowest BCUT2D eigenvalue weighted by Crippen LogP contribution is -2.14. The number of sulfonamides is 1. The summed E-state index contributed by atoms with van der Waals surface area (Å²) in [7, 11) is -4.02. The molecule has 0 aliphatic rings. The minimum atomic E-state index is -4.02. The van der Waals surface area contributed by atoms with Gasteiger partial charge in [0.1, 0.15) is 10.7 Å². The maximum absolute atomic E-state index is 13.8. The third kappa shape index (κ3) is 2.92. The molecule has 0 fully saturated rings. The highest BCUT2D eigenvalue weighted by molar-refractivity contribution is 7.92. The zero-order valence-corrected chi connectivity index (χ0v) is 13.7. The molecule has 0 radical (unpaired) electrons. The average molecular weight is 357 g/mol. The van der Waals surface area contributed by atoms with Gasteiger partial charge in [0.25, 0.3) is 10.0 Å². The van der Waals surface area contributed by atoms with Crippen LogP contribution in [0.25, 0.3) is 10.2 Å². The van der Waals surface area contributed by atoms with Gasteiger partial charge < -0.3 is 0 Å². The number of nitrogens with one attached hydrogen (secondary N) is 1. The van der Waals surface area contributed by atoms with Gasteiger partial charge >= 0.3 is 0 Å². The molecule has 22 heavy (non-hydrogen) atoms. The van der Waals surface area contributed by atoms with E-state index in [-0.39, 0.29) is 5.02 Å². The van der Waals surface area contributed by atoms with E-state index in [4.69, 9.17) is 11.6 Å². The van der Waals surface area contributed by atoms with Crippen LogP contribution in [0.3, 0.4) is 0 Å². The first kappa shape index (κ1) is 15.2. The molecule has 0 unspecified atom stereocenters. The van der Waals surface area contributed by atoms with Gasteiger partial charge in [0.05, 0.1) is 20.9 Å². The maximum Gasteiger partial charge on any atom is 0.264 e. The fourth-order valence-corrected chi connectivity index (χ4v) is 4.14. The van der Waals surface area contributed by atoms with E-state index in [0.29, 0.717) is 5.69 Å². The molecule has 114 valence electrons. The van der Waals surface area contributed by atoms with E-state index in [9.17, 15) is 12.8 Å². The molecule has 0 aliphatic heterocycles. The van der Waals surface area contributed by atoms with E-state index in [1.807, 2.05) is 6.92 Å².